The summed E-state index contributed by atoms with van der Waals surface area (Å²) < 4.78 is 4.69. The lowest BCUT2D eigenvalue weighted by Gasteiger charge is -2.09. The molecule has 1 rings (SSSR count). The highest BCUT2D eigenvalue weighted by Crippen LogP contribution is 2.15. The second kappa shape index (κ2) is 9.19. The molecule has 0 aliphatic heterocycles. The molecule has 0 bridgehead atoms. The molecule has 1 aromatic carbocycles. The van der Waals surface area contributed by atoms with E-state index >= 15 is 0 Å². The largest absolute Gasteiger partial charge is 0.452 e. The molecule has 1 aromatic rings. The van der Waals surface area contributed by atoms with Crippen LogP contribution in [0.25, 0.3) is 0 Å². The van der Waals surface area contributed by atoms with Crippen LogP contribution in [0.15, 0.2) is 42.5 Å². The molecule has 0 aliphatic rings. The Hall–Kier alpha value is -2.89. The standard InChI is InChI=1S/C17H20N2O4/c1-4-5-6-7-16(21)23-11-15(20)19-17(22)18-14-9-8-12(2)10-13(14)3/h4-10H,11H2,1-3H3,(H2,18,19,20,22)/b5-4+,7-6+. The number of carbonyl (C=O) groups is 3. The van der Waals surface area contributed by atoms with Gasteiger partial charge in [-0.15, -0.1) is 0 Å². The maximum Gasteiger partial charge on any atom is 0.331 e. The molecule has 6 heteroatoms. The van der Waals surface area contributed by atoms with Crippen LogP contribution < -0.4 is 10.6 Å². The van der Waals surface area contributed by atoms with Crippen molar-refractivity contribution in [2.75, 3.05) is 11.9 Å². The average molecular weight is 316 g/mol. The topological polar surface area (TPSA) is 84.5 Å². The number of amides is 3. The Kier molecular flexibility index (Phi) is 7.26. The highest BCUT2D eigenvalue weighted by molar-refractivity contribution is 6.02. The molecular formula is C17H20N2O4. The Labute approximate surface area is 135 Å². The third kappa shape index (κ3) is 7.08. The highest BCUT2D eigenvalue weighted by Gasteiger charge is 2.10. The van der Waals surface area contributed by atoms with Crippen LogP contribution in [0.3, 0.4) is 0 Å². The highest BCUT2D eigenvalue weighted by atomic mass is 16.5. The molecule has 0 heterocycles. The van der Waals surface area contributed by atoms with E-state index in [0.717, 1.165) is 11.1 Å². The summed E-state index contributed by atoms with van der Waals surface area (Å²) in [5, 5.41) is 4.65. The van der Waals surface area contributed by atoms with E-state index in [1.807, 2.05) is 26.0 Å². The predicted octanol–water partition coefficient (Wildman–Crippen LogP) is 2.63. The van der Waals surface area contributed by atoms with Gasteiger partial charge in [-0.25, -0.2) is 9.59 Å². The van der Waals surface area contributed by atoms with Crippen LogP contribution in [0, 0.1) is 13.8 Å². The van der Waals surface area contributed by atoms with Crippen molar-refractivity contribution in [3.8, 4) is 0 Å². The number of nitrogens with one attached hydrogen (secondary N) is 2. The lowest BCUT2D eigenvalue weighted by atomic mass is 10.1. The summed E-state index contributed by atoms with van der Waals surface area (Å²) in [6.45, 7) is 5.07. The Morgan fingerprint density at radius 1 is 1.17 bits per heavy atom. The van der Waals surface area contributed by atoms with E-state index in [-0.39, 0.29) is 0 Å². The fourth-order valence-electron chi connectivity index (χ4n) is 1.70. The van der Waals surface area contributed by atoms with Gasteiger partial charge in [-0.3, -0.25) is 10.1 Å². The minimum atomic E-state index is -0.708. The van der Waals surface area contributed by atoms with Gasteiger partial charge in [0, 0.05) is 11.8 Å². The van der Waals surface area contributed by atoms with Crippen molar-refractivity contribution in [2.24, 2.45) is 0 Å². The number of carbonyl (C=O) groups excluding carboxylic acids is 3. The zero-order valence-corrected chi connectivity index (χ0v) is 13.4. The summed E-state index contributed by atoms with van der Waals surface area (Å²) >= 11 is 0. The number of hydrogen-bond acceptors (Lipinski definition) is 4. The zero-order valence-electron chi connectivity index (χ0n) is 13.4. The van der Waals surface area contributed by atoms with Crippen molar-refractivity contribution in [3.63, 3.8) is 0 Å². The minimum absolute atomic E-state index is 0.528. The van der Waals surface area contributed by atoms with Crippen molar-refractivity contribution in [2.45, 2.75) is 20.8 Å². The number of rotatable bonds is 5. The van der Waals surface area contributed by atoms with Gasteiger partial charge in [0.15, 0.2) is 6.61 Å². The Morgan fingerprint density at radius 3 is 2.57 bits per heavy atom. The van der Waals surface area contributed by atoms with Crippen LogP contribution in [0.5, 0.6) is 0 Å². The molecule has 23 heavy (non-hydrogen) atoms. The molecule has 0 aromatic heterocycles. The van der Waals surface area contributed by atoms with Gasteiger partial charge in [0.25, 0.3) is 5.91 Å². The van der Waals surface area contributed by atoms with Crippen LogP contribution >= 0.6 is 0 Å². The molecule has 0 spiro atoms. The van der Waals surface area contributed by atoms with E-state index in [1.165, 1.54) is 12.2 Å². The molecule has 0 unspecified atom stereocenters. The van der Waals surface area contributed by atoms with Gasteiger partial charge in [0.1, 0.15) is 0 Å². The summed E-state index contributed by atoms with van der Waals surface area (Å²) in [7, 11) is 0. The molecule has 0 saturated carbocycles. The second-order valence-corrected chi connectivity index (χ2v) is 4.81. The van der Waals surface area contributed by atoms with Crippen molar-refractivity contribution < 1.29 is 19.1 Å². The summed E-state index contributed by atoms with van der Waals surface area (Å²) in [4.78, 5) is 34.5. The van der Waals surface area contributed by atoms with Crippen LogP contribution in [-0.4, -0.2) is 24.5 Å². The molecule has 0 aliphatic carbocycles. The van der Waals surface area contributed by atoms with Gasteiger partial charge in [0.05, 0.1) is 0 Å². The molecular weight excluding hydrogens is 296 g/mol. The first kappa shape index (κ1) is 18.2. The Morgan fingerprint density at radius 2 is 1.91 bits per heavy atom. The maximum atomic E-state index is 11.7. The average Bonchev–Trinajstić information content (AvgIpc) is 2.48. The van der Waals surface area contributed by atoms with Crippen molar-refractivity contribution in [1.82, 2.24) is 5.32 Å². The number of urea groups is 1. The molecule has 0 fully saturated rings. The lowest BCUT2D eigenvalue weighted by Crippen LogP contribution is -2.37. The van der Waals surface area contributed by atoms with E-state index in [2.05, 4.69) is 15.4 Å². The summed E-state index contributed by atoms with van der Waals surface area (Å²) in [6.07, 6.45) is 6.07. The number of allylic oxidation sites excluding steroid dienone is 3. The number of hydrogen-bond donors (Lipinski definition) is 2. The fourth-order valence-corrected chi connectivity index (χ4v) is 1.70. The van der Waals surface area contributed by atoms with Crippen molar-refractivity contribution >= 4 is 23.6 Å². The van der Waals surface area contributed by atoms with E-state index in [1.54, 1.807) is 25.1 Å². The Balaban J connectivity index is 2.42. The fraction of sp³-hybridized carbons (Fsp3) is 0.235. The van der Waals surface area contributed by atoms with Crippen LogP contribution in [0.2, 0.25) is 0 Å². The zero-order chi connectivity index (χ0) is 17.2. The SMILES string of the molecule is C/C=C/C=C/C(=O)OCC(=O)NC(=O)Nc1ccc(C)cc1C. The lowest BCUT2D eigenvalue weighted by molar-refractivity contribution is -0.143. The van der Waals surface area contributed by atoms with E-state index in [4.69, 9.17) is 0 Å². The van der Waals surface area contributed by atoms with Crippen LogP contribution in [0.1, 0.15) is 18.1 Å². The molecule has 3 amide bonds. The normalized spacial score (nSPS) is 10.7. The summed E-state index contributed by atoms with van der Waals surface area (Å²) in [6, 6.07) is 4.84. The number of anilines is 1. The van der Waals surface area contributed by atoms with Gasteiger partial charge in [-0.05, 0) is 32.4 Å². The number of benzene rings is 1. The molecule has 122 valence electrons. The van der Waals surface area contributed by atoms with Crippen LogP contribution in [0.4, 0.5) is 10.5 Å². The van der Waals surface area contributed by atoms with Gasteiger partial charge < -0.3 is 10.1 Å². The van der Waals surface area contributed by atoms with Gasteiger partial charge in [-0.2, -0.15) is 0 Å². The minimum Gasteiger partial charge on any atom is -0.452 e. The second-order valence-electron chi connectivity index (χ2n) is 4.81. The first-order chi connectivity index (χ1) is 10.9. The monoisotopic (exact) mass is 316 g/mol. The first-order valence-electron chi connectivity index (χ1n) is 7.06. The van der Waals surface area contributed by atoms with Gasteiger partial charge in [0.2, 0.25) is 0 Å². The van der Waals surface area contributed by atoms with E-state index in [0.29, 0.717) is 5.69 Å². The third-order valence-electron chi connectivity index (χ3n) is 2.76. The quantitative estimate of drug-likeness (QED) is 0.497. The summed E-state index contributed by atoms with van der Waals surface area (Å²) in [5.41, 5.74) is 2.56. The molecule has 6 nitrogen and oxygen atoms in total. The van der Waals surface area contributed by atoms with Gasteiger partial charge in [-0.1, -0.05) is 35.9 Å². The number of esters is 1. The van der Waals surface area contributed by atoms with Crippen LogP contribution in [-0.2, 0) is 14.3 Å². The van der Waals surface area contributed by atoms with Gasteiger partial charge >= 0.3 is 12.0 Å². The smallest absolute Gasteiger partial charge is 0.331 e. The van der Waals surface area contributed by atoms with E-state index < -0.39 is 24.5 Å². The van der Waals surface area contributed by atoms with E-state index in [9.17, 15) is 14.4 Å². The molecule has 2 N–H and O–H groups in total. The Bertz CT molecular complexity index is 648. The third-order valence-corrected chi connectivity index (χ3v) is 2.76. The molecule has 0 atom stereocenters. The van der Waals surface area contributed by atoms with Crippen molar-refractivity contribution in [3.05, 3.63) is 53.6 Å². The number of imide groups is 1. The molecule has 0 radical (unpaired) electrons. The first-order valence-corrected chi connectivity index (χ1v) is 7.06. The van der Waals surface area contributed by atoms with Crippen molar-refractivity contribution in [1.29, 1.82) is 0 Å². The molecule has 0 saturated heterocycles. The summed E-state index contributed by atoms with van der Waals surface area (Å²) in [5.74, 6) is -1.37. The number of ether oxygens (including phenoxy) is 1. The number of aryl methyl sites for hydroxylation is 2. The predicted molar refractivity (Wildman–Crippen MR) is 88.0 cm³/mol. The maximum absolute atomic E-state index is 11.7.